The van der Waals surface area contributed by atoms with Gasteiger partial charge in [-0.25, -0.2) is 13.4 Å². The number of alkyl halides is 6. The van der Waals surface area contributed by atoms with Crippen LogP contribution in [0.15, 0.2) is 39.1 Å². The number of hydrogen-bond acceptors (Lipinski definition) is 4. The zero-order valence-corrected chi connectivity index (χ0v) is 15.7. The molecule has 12 heteroatoms. The summed E-state index contributed by atoms with van der Waals surface area (Å²) in [6.45, 7) is -0.349. The first-order chi connectivity index (χ1) is 12.2. The minimum atomic E-state index is -5.69. The van der Waals surface area contributed by atoms with Crippen LogP contribution in [-0.4, -0.2) is 42.4 Å². The van der Waals surface area contributed by atoms with E-state index in [9.17, 15) is 39.9 Å². The van der Waals surface area contributed by atoms with Crippen LogP contribution in [0.2, 0.25) is 0 Å². The maximum atomic E-state index is 13.7. The predicted octanol–water partition coefficient (Wildman–Crippen LogP) is 4.42. The average molecular weight is 435 g/mol. The van der Waals surface area contributed by atoms with Crippen molar-refractivity contribution in [1.82, 2.24) is 0 Å². The summed E-state index contributed by atoms with van der Waals surface area (Å²) < 4.78 is 105. The number of benzene rings is 1. The van der Waals surface area contributed by atoms with Crippen LogP contribution in [0.5, 0.6) is 0 Å². The van der Waals surface area contributed by atoms with Crippen molar-refractivity contribution in [3.8, 4) is 0 Å². The van der Waals surface area contributed by atoms with Gasteiger partial charge in [-0.2, -0.15) is 26.3 Å². The first kappa shape index (κ1) is 21.8. The van der Waals surface area contributed by atoms with Gasteiger partial charge in [0.2, 0.25) is 0 Å². The molecule has 1 aromatic rings. The third-order valence-corrected chi connectivity index (χ3v) is 8.60. The zero-order valence-electron chi connectivity index (χ0n) is 14.0. The van der Waals surface area contributed by atoms with Crippen molar-refractivity contribution in [1.29, 1.82) is 0 Å². The lowest BCUT2D eigenvalue weighted by molar-refractivity contribution is -0.0762. The van der Waals surface area contributed by atoms with Crippen LogP contribution >= 0.6 is 10.0 Å². The van der Waals surface area contributed by atoms with E-state index in [-0.39, 0.29) is 10.5 Å². The summed E-state index contributed by atoms with van der Waals surface area (Å²) in [5.41, 5.74) is -12.0. The van der Waals surface area contributed by atoms with Gasteiger partial charge in [-0.3, -0.25) is 0 Å². The summed E-state index contributed by atoms with van der Waals surface area (Å²) in [6, 6.07) is 4.36. The molecule has 1 aliphatic heterocycles. The highest BCUT2D eigenvalue weighted by Crippen LogP contribution is 2.80. The van der Waals surface area contributed by atoms with Crippen molar-refractivity contribution in [2.24, 2.45) is 4.99 Å². The first-order valence-electron chi connectivity index (χ1n) is 7.40. The molecular formula is C15H15F6NO3S2. The summed E-state index contributed by atoms with van der Waals surface area (Å²) in [5, 5.41) is 7.87. The largest absolute Gasteiger partial charge is 0.441 e. The Balaban J connectivity index is 2.80. The van der Waals surface area contributed by atoms with Crippen LogP contribution < -0.4 is 0 Å². The maximum Gasteiger partial charge on any atom is 0.441 e. The highest BCUT2D eigenvalue weighted by atomic mass is 32.3. The molecule has 4 nitrogen and oxygen atoms in total. The summed E-state index contributed by atoms with van der Waals surface area (Å²) in [6.07, 6.45) is 0.323. The SMILES string of the molecule is CCC1=C(c2ccc(S(C)(=O)=O)cc2)N=C(CO)S1(C(F)(F)F)C(F)(F)F. The minimum absolute atomic E-state index is 0.0897. The monoisotopic (exact) mass is 435 g/mol. The van der Waals surface area contributed by atoms with Crippen molar-refractivity contribution in [2.45, 2.75) is 29.3 Å². The van der Waals surface area contributed by atoms with Gasteiger partial charge in [0.05, 0.1) is 17.2 Å². The van der Waals surface area contributed by atoms with E-state index in [2.05, 4.69) is 4.99 Å². The van der Waals surface area contributed by atoms with E-state index < -0.39 is 59.6 Å². The van der Waals surface area contributed by atoms with E-state index in [1.54, 1.807) is 0 Å². The van der Waals surface area contributed by atoms with Crippen LogP contribution in [-0.2, 0) is 9.84 Å². The van der Waals surface area contributed by atoms with Crippen LogP contribution in [0.25, 0.3) is 5.70 Å². The standard InChI is InChI=1S/C15H15F6NO3S2/c1-3-11-13(9-4-6-10(7-5-9)26(2,24)25)22-12(8-23)27(11,14(16,17)18)15(19,20)21/h4-7,23H,3,8H2,1-2H3. The maximum absolute atomic E-state index is 13.7. The number of halogens is 6. The zero-order chi connectivity index (χ0) is 20.8. The highest BCUT2D eigenvalue weighted by molar-refractivity contribution is 8.49. The molecule has 1 heterocycles. The van der Waals surface area contributed by atoms with Gasteiger partial charge >= 0.3 is 11.0 Å². The van der Waals surface area contributed by atoms with E-state index in [1.165, 1.54) is 0 Å². The molecule has 152 valence electrons. The molecule has 0 amide bonds. The molecule has 0 atom stereocenters. The summed E-state index contributed by atoms with van der Waals surface area (Å²) in [4.78, 5) is 2.40. The van der Waals surface area contributed by atoms with Gasteiger partial charge in [0, 0.05) is 26.8 Å². The molecule has 0 aliphatic carbocycles. The molecule has 0 radical (unpaired) electrons. The van der Waals surface area contributed by atoms with Gasteiger partial charge in [0.25, 0.3) is 0 Å². The van der Waals surface area contributed by atoms with E-state index in [0.29, 0.717) is 0 Å². The highest BCUT2D eigenvalue weighted by Gasteiger charge is 2.72. The van der Waals surface area contributed by atoms with E-state index in [0.717, 1.165) is 37.4 Å². The minimum Gasteiger partial charge on any atom is -0.390 e. The number of rotatable bonds is 4. The fourth-order valence-electron chi connectivity index (χ4n) is 2.82. The molecule has 0 unspecified atom stereocenters. The number of aliphatic imine (C=N–C) groups is 1. The second kappa shape index (κ2) is 6.82. The molecule has 0 aromatic heterocycles. The average Bonchev–Trinajstić information content (AvgIpc) is 2.89. The van der Waals surface area contributed by atoms with Crippen molar-refractivity contribution in [3.05, 3.63) is 34.7 Å². The topological polar surface area (TPSA) is 66.7 Å². The Labute approximate surface area is 152 Å². The van der Waals surface area contributed by atoms with Crippen LogP contribution in [0.4, 0.5) is 26.3 Å². The third kappa shape index (κ3) is 3.38. The van der Waals surface area contributed by atoms with Crippen molar-refractivity contribution in [2.75, 3.05) is 12.9 Å². The second-order valence-electron chi connectivity index (χ2n) is 5.59. The molecule has 1 aromatic carbocycles. The fourth-order valence-corrected chi connectivity index (χ4v) is 6.40. The van der Waals surface area contributed by atoms with Crippen LogP contribution in [0.1, 0.15) is 18.9 Å². The van der Waals surface area contributed by atoms with Crippen molar-refractivity contribution >= 4 is 30.6 Å². The third-order valence-electron chi connectivity index (χ3n) is 3.93. The molecular weight excluding hydrogens is 420 g/mol. The Morgan fingerprint density at radius 1 is 1.04 bits per heavy atom. The van der Waals surface area contributed by atoms with Gasteiger partial charge in [0.15, 0.2) is 9.84 Å². The number of allylic oxidation sites excluding steroid dienone is 1. The Morgan fingerprint density at radius 3 is 1.85 bits per heavy atom. The Kier molecular flexibility index (Phi) is 5.49. The van der Waals surface area contributed by atoms with Gasteiger partial charge < -0.3 is 5.11 Å². The van der Waals surface area contributed by atoms with E-state index >= 15 is 0 Å². The van der Waals surface area contributed by atoms with Crippen LogP contribution in [0, 0.1) is 0 Å². The lowest BCUT2D eigenvalue weighted by atomic mass is 10.1. The van der Waals surface area contributed by atoms with Gasteiger partial charge in [-0.1, -0.05) is 19.1 Å². The molecule has 0 spiro atoms. The molecule has 27 heavy (non-hydrogen) atoms. The van der Waals surface area contributed by atoms with E-state index in [1.807, 2.05) is 0 Å². The Bertz CT molecular complexity index is 885. The Morgan fingerprint density at radius 2 is 1.52 bits per heavy atom. The molecule has 0 saturated carbocycles. The first-order valence-corrected chi connectivity index (χ1v) is 10.9. The molecule has 0 saturated heterocycles. The van der Waals surface area contributed by atoms with E-state index in [4.69, 9.17) is 0 Å². The molecule has 1 N–H and O–H groups in total. The lowest BCUT2D eigenvalue weighted by Gasteiger charge is -2.41. The number of hydrogen-bond donors (Lipinski definition) is 1. The van der Waals surface area contributed by atoms with Gasteiger partial charge in [0.1, 0.15) is 5.04 Å². The fraction of sp³-hybridized carbons (Fsp3) is 0.400. The van der Waals surface area contributed by atoms with Crippen LogP contribution in [0.3, 0.4) is 0 Å². The number of aliphatic hydroxyl groups excluding tert-OH is 1. The quantitative estimate of drug-likeness (QED) is 0.713. The smallest absolute Gasteiger partial charge is 0.390 e. The lowest BCUT2D eigenvalue weighted by Crippen LogP contribution is -2.39. The number of sulfone groups is 1. The normalized spacial score (nSPS) is 19.2. The van der Waals surface area contributed by atoms with Gasteiger partial charge in [-0.15, -0.1) is 0 Å². The molecule has 0 bridgehead atoms. The summed E-state index contributed by atoms with van der Waals surface area (Å²) >= 11 is 0. The van der Waals surface area contributed by atoms with Gasteiger partial charge in [-0.05, 0) is 18.6 Å². The van der Waals surface area contributed by atoms with Crippen molar-refractivity contribution < 1.29 is 39.9 Å². The Hall–Kier alpha value is -1.53. The number of nitrogens with zero attached hydrogens (tertiary/aromatic N) is 1. The van der Waals surface area contributed by atoms with Crippen molar-refractivity contribution in [3.63, 3.8) is 0 Å². The number of aliphatic hydroxyl groups is 1. The molecule has 0 fully saturated rings. The summed E-state index contributed by atoms with van der Waals surface area (Å²) in [5.74, 6) is 0. The predicted molar refractivity (Wildman–Crippen MR) is 91.0 cm³/mol. The summed E-state index contributed by atoms with van der Waals surface area (Å²) in [7, 11) is -9.14. The second-order valence-corrected chi connectivity index (χ2v) is 10.7. The molecule has 1 aliphatic rings. The molecule has 2 rings (SSSR count).